The summed E-state index contributed by atoms with van der Waals surface area (Å²) in [6, 6.07) is 0. The number of carbonyl (C=O) groups excluding carboxylic acids is 1. The van der Waals surface area contributed by atoms with E-state index < -0.39 is 16.8 Å². The van der Waals surface area contributed by atoms with Crippen molar-refractivity contribution in [3.05, 3.63) is 21.4 Å². The molecule has 118 valence electrons. The molecule has 11 heteroatoms. The number of nitrogens with one attached hydrogen (secondary N) is 1. The number of aromatic nitrogens is 5. The van der Waals surface area contributed by atoms with Crippen LogP contribution >= 0.6 is 11.3 Å². The first-order valence-corrected chi connectivity index (χ1v) is 7.56. The number of nitro groups is 1. The van der Waals surface area contributed by atoms with Crippen molar-refractivity contribution >= 4 is 28.3 Å². The normalized spacial score (nSPS) is 10.6. The van der Waals surface area contributed by atoms with Gasteiger partial charge in [-0.2, -0.15) is 4.68 Å². The SMILES string of the molecule is CCCCCc1nnc(NC(=O)Cn2cnc([N+](=O)[O-])n2)s1. The molecule has 0 aliphatic rings. The first-order valence-electron chi connectivity index (χ1n) is 6.74. The molecular formula is C11H15N7O3S. The summed E-state index contributed by atoms with van der Waals surface area (Å²) in [4.78, 5) is 25.0. The molecule has 2 aromatic heterocycles. The van der Waals surface area contributed by atoms with Gasteiger partial charge in [-0.25, -0.2) is 0 Å². The van der Waals surface area contributed by atoms with Crippen LogP contribution in [0.5, 0.6) is 0 Å². The number of amides is 1. The predicted molar refractivity (Wildman–Crippen MR) is 78.4 cm³/mol. The molecule has 0 atom stereocenters. The van der Waals surface area contributed by atoms with Crippen molar-refractivity contribution in [1.82, 2.24) is 25.0 Å². The minimum absolute atomic E-state index is 0.175. The van der Waals surface area contributed by atoms with E-state index in [0.29, 0.717) is 5.13 Å². The van der Waals surface area contributed by atoms with Gasteiger partial charge < -0.3 is 10.1 Å². The molecule has 2 rings (SSSR count). The molecule has 0 aromatic carbocycles. The van der Waals surface area contributed by atoms with E-state index in [-0.39, 0.29) is 6.54 Å². The zero-order valence-electron chi connectivity index (χ0n) is 11.9. The van der Waals surface area contributed by atoms with E-state index in [2.05, 4.69) is 32.5 Å². The third-order valence-electron chi connectivity index (χ3n) is 2.70. The molecular weight excluding hydrogens is 310 g/mol. The standard InChI is InChI=1S/C11H15N7O3S/c1-2-3-4-5-9-14-15-11(22-9)13-8(19)6-17-7-12-10(16-17)18(20)21/h7H,2-6H2,1H3,(H,13,15,19). The lowest BCUT2D eigenvalue weighted by Crippen LogP contribution is -2.19. The van der Waals surface area contributed by atoms with Crippen LogP contribution in [0.3, 0.4) is 0 Å². The molecule has 0 radical (unpaired) electrons. The van der Waals surface area contributed by atoms with Crippen molar-refractivity contribution in [3.8, 4) is 0 Å². The van der Waals surface area contributed by atoms with E-state index in [9.17, 15) is 14.9 Å². The molecule has 2 aromatic rings. The summed E-state index contributed by atoms with van der Waals surface area (Å²) in [6.45, 7) is 1.95. The average molecular weight is 325 g/mol. The fraction of sp³-hybridized carbons (Fsp3) is 0.545. The maximum absolute atomic E-state index is 11.8. The van der Waals surface area contributed by atoms with Crippen molar-refractivity contribution in [1.29, 1.82) is 0 Å². The Bertz CT molecular complexity index is 654. The molecule has 0 bridgehead atoms. The lowest BCUT2D eigenvalue weighted by molar-refractivity contribution is -0.394. The molecule has 10 nitrogen and oxygen atoms in total. The molecule has 0 fully saturated rings. The van der Waals surface area contributed by atoms with Crippen LogP contribution in [0.25, 0.3) is 0 Å². The fourth-order valence-corrected chi connectivity index (χ4v) is 2.48. The fourth-order valence-electron chi connectivity index (χ4n) is 1.68. The second-order valence-corrected chi connectivity index (χ2v) is 5.57. The Kier molecular flexibility index (Phi) is 5.47. The largest absolute Gasteiger partial charge is 0.490 e. The molecule has 0 aliphatic carbocycles. The van der Waals surface area contributed by atoms with E-state index >= 15 is 0 Å². The zero-order valence-corrected chi connectivity index (χ0v) is 12.7. The molecule has 0 unspecified atom stereocenters. The van der Waals surface area contributed by atoms with Crippen molar-refractivity contribution in [2.24, 2.45) is 0 Å². The van der Waals surface area contributed by atoms with E-state index in [1.54, 1.807) is 0 Å². The van der Waals surface area contributed by atoms with Crippen LogP contribution in [-0.2, 0) is 17.8 Å². The van der Waals surface area contributed by atoms with Gasteiger partial charge in [0.1, 0.15) is 11.6 Å². The van der Waals surface area contributed by atoms with Gasteiger partial charge >= 0.3 is 5.95 Å². The van der Waals surface area contributed by atoms with Crippen LogP contribution in [-0.4, -0.2) is 35.8 Å². The summed E-state index contributed by atoms with van der Waals surface area (Å²) in [5.41, 5.74) is 0. The number of carbonyl (C=O) groups is 1. The summed E-state index contributed by atoms with van der Waals surface area (Å²) < 4.78 is 1.09. The van der Waals surface area contributed by atoms with E-state index in [4.69, 9.17) is 0 Å². The molecule has 1 N–H and O–H groups in total. The first-order chi connectivity index (χ1) is 10.6. The Labute approximate surface area is 129 Å². The summed E-state index contributed by atoms with van der Waals surface area (Å²) in [7, 11) is 0. The molecule has 0 spiro atoms. The topological polar surface area (TPSA) is 129 Å². The van der Waals surface area contributed by atoms with Gasteiger partial charge in [0.05, 0.1) is 0 Å². The van der Waals surface area contributed by atoms with Crippen LogP contribution in [0.1, 0.15) is 31.2 Å². The first kappa shape index (κ1) is 15.9. The lowest BCUT2D eigenvalue weighted by Gasteiger charge is -1.97. The van der Waals surface area contributed by atoms with Gasteiger partial charge in [0.25, 0.3) is 0 Å². The van der Waals surface area contributed by atoms with Crippen molar-refractivity contribution < 1.29 is 9.72 Å². The Morgan fingerprint density at radius 1 is 1.45 bits per heavy atom. The lowest BCUT2D eigenvalue weighted by atomic mass is 10.2. The van der Waals surface area contributed by atoms with Gasteiger partial charge in [-0.1, -0.05) is 36.1 Å². The van der Waals surface area contributed by atoms with Crippen LogP contribution < -0.4 is 5.32 Å². The maximum Gasteiger partial charge on any atom is 0.490 e. The molecule has 0 saturated carbocycles. The number of nitrogens with zero attached hydrogens (tertiary/aromatic N) is 6. The zero-order chi connectivity index (χ0) is 15.9. The van der Waals surface area contributed by atoms with Gasteiger partial charge in [0.15, 0.2) is 0 Å². The van der Waals surface area contributed by atoms with Crippen LogP contribution in [0.15, 0.2) is 6.33 Å². The Balaban J connectivity index is 1.84. The van der Waals surface area contributed by atoms with E-state index in [1.165, 1.54) is 11.3 Å². The summed E-state index contributed by atoms with van der Waals surface area (Å²) in [5.74, 6) is -0.932. The highest BCUT2D eigenvalue weighted by Gasteiger charge is 2.16. The summed E-state index contributed by atoms with van der Waals surface area (Å²) >= 11 is 1.32. The number of rotatable bonds is 8. The van der Waals surface area contributed by atoms with Gasteiger partial charge in [-0.3, -0.25) is 10.1 Å². The van der Waals surface area contributed by atoms with Gasteiger partial charge in [-0.15, -0.1) is 10.2 Å². The van der Waals surface area contributed by atoms with Crippen LogP contribution in [0, 0.1) is 10.1 Å². The smallest absolute Gasteiger partial charge is 0.390 e. The Hall–Kier alpha value is -2.43. The number of aryl methyl sites for hydroxylation is 1. The number of hydrogen-bond donors (Lipinski definition) is 1. The van der Waals surface area contributed by atoms with Gasteiger partial charge in [-0.05, 0) is 11.3 Å². The highest BCUT2D eigenvalue weighted by molar-refractivity contribution is 7.15. The Morgan fingerprint density at radius 2 is 2.27 bits per heavy atom. The number of hydrogen-bond acceptors (Lipinski definition) is 8. The molecule has 0 saturated heterocycles. The summed E-state index contributed by atoms with van der Waals surface area (Å²) in [5, 5.41) is 25.8. The number of unbranched alkanes of at least 4 members (excludes halogenated alkanes) is 2. The third kappa shape index (κ3) is 4.55. The van der Waals surface area contributed by atoms with E-state index in [1.807, 2.05) is 0 Å². The Morgan fingerprint density at radius 3 is 2.95 bits per heavy atom. The molecule has 22 heavy (non-hydrogen) atoms. The van der Waals surface area contributed by atoms with Crippen molar-refractivity contribution in [2.75, 3.05) is 5.32 Å². The van der Waals surface area contributed by atoms with Gasteiger partial charge in [0, 0.05) is 11.5 Å². The molecule has 2 heterocycles. The quantitative estimate of drug-likeness (QED) is 0.441. The van der Waals surface area contributed by atoms with Crippen molar-refractivity contribution in [2.45, 2.75) is 39.2 Å². The van der Waals surface area contributed by atoms with Crippen LogP contribution in [0.2, 0.25) is 0 Å². The average Bonchev–Trinajstić information content (AvgIpc) is 3.09. The minimum Gasteiger partial charge on any atom is -0.390 e. The highest BCUT2D eigenvalue weighted by Crippen LogP contribution is 2.17. The second kappa shape index (κ2) is 7.54. The third-order valence-corrected chi connectivity index (χ3v) is 3.60. The summed E-state index contributed by atoms with van der Waals surface area (Å²) in [6.07, 6.45) is 5.28. The predicted octanol–water partition coefficient (Wildman–Crippen LogP) is 1.41. The van der Waals surface area contributed by atoms with Crippen LogP contribution in [0.4, 0.5) is 11.1 Å². The monoisotopic (exact) mass is 325 g/mol. The second-order valence-electron chi connectivity index (χ2n) is 4.51. The van der Waals surface area contributed by atoms with Crippen molar-refractivity contribution in [3.63, 3.8) is 0 Å². The molecule has 0 aliphatic heterocycles. The maximum atomic E-state index is 11.8. The molecule has 1 amide bonds. The highest BCUT2D eigenvalue weighted by atomic mass is 32.1. The van der Waals surface area contributed by atoms with E-state index in [0.717, 1.165) is 41.7 Å². The number of anilines is 1. The van der Waals surface area contributed by atoms with Gasteiger partial charge in [0.2, 0.25) is 17.4 Å². The minimum atomic E-state index is -0.721.